The van der Waals surface area contributed by atoms with Gasteiger partial charge in [0.2, 0.25) is 11.8 Å². The molecule has 0 spiro atoms. The van der Waals surface area contributed by atoms with Gasteiger partial charge in [-0.3, -0.25) is 47.9 Å². The molecule has 18 heteroatoms. The number of rotatable bonds is 28. The van der Waals surface area contributed by atoms with E-state index in [9.17, 15) is 67.7 Å². The van der Waals surface area contributed by atoms with E-state index in [1.807, 2.05) is 0 Å². The lowest BCUT2D eigenvalue weighted by molar-refractivity contribution is -0.140. The summed E-state index contributed by atoms with van der Waals surface area (Å²) < 4.78 is 14.3. The Morgan fingerprint density at radius 3 is 1.91 bits per heavy atom. The van der Waals surface area contributed by atoms with Gasteiger partial charge in [0, 0.05) is 78.9 Å². The maximum absolute atomic E-state index is 14.3. The van der Waals surface area contributed by atoms with Crippen molar-refractivity contribution < 1.29 is 67.7 Å². The first-order chi connectivity index (χ1) is 30.9. The second kappa shape index (κ2) is 24.5. The van der Waals surface area contributed by atoms with Crippen LogP contribution in [0.3, 0.4) is 0 Å². The molecule has 3 aromatic carbocycles. The quantitative estimate of drug-likeness (QED) is 0.0425. The summed E-state index contributed by atoms with van der Waals surface area (Å²) in [6, 6.07) is 17.2. The maximum atomic E-state index is 14.3. The third kappa shape index (κ3) is 16.4. The van der Waals surface area contributed by atoms with Gasteiger partial charge in [0.25, 0.3) is 5.91 Å². The molecule has 4 rings (SSSR count). The Balaban J connectivity index is 1.54. The van der Waals surface area contributed by atoms with Crippen molar-refractivity contribution in [1.82, 2.24) is 20.9 Å². The van der Waals surface area contributed by atoms with Crippen LogP contribution in [0.15, 0.2) is 85.1 Å². The molecule has 1 heterocycles. The van der Waals surface area contributed by atoms with E-state index in [0.717, 1.165) is 17.0 Å². The first kappa shape index (κ1) is 50.3. The van der Waals surface area contributed by atoms with Crippen LogP contribution in [0.25, 0.3) is 10.9 Å². The Hall–Kier alpha value is -7.37. The number of carboxylic acid groups (broad SMARTS) is 3. The summed E-state index contributed by atoms with van der Waals surface area (Å²) in [6.45, 7) is 0.524. The standard InChI is InChI=1S/C47H51FN4O13/c1-27(53)30(14-16-42(57)58)22-40(55)38(21-33-25-49-37-13-6-5-12-36(33)37)51-47(65)32(18-28-8-7-11-34(48)19-28)20-35(54)26-50-45(63)31(15-17-43(59)60)23-41(56)39(24-44(61)62)52-46(64)29-9-3-2-4-10-29/h2-13,19,25,30-32,38-39,49H,14-18,20-24,26H2,1H3,(H,50,63)(H,51,65)(H,52,64)(H,57,58)(H,59,60)(H,61,62)/t30-,31-,32-,38+,39-/m1/s1. The fraction of sp³-hybridized carbons (Fsp3) is 0.362. The molecule has 0 unspecified atom stereocenters. The Labute approximate surface area is 372 Å². The summed E-state index contributed by atoms with van der Waals surface area (Å²) in [5.41, 5.74) is 1.82. The molecule has 0 aliphatic rings. The third-order valence-corrected chi connectivity index (χ3v) is 10.8. The lowest BCUT2D eigenvalue weighted by atomic mass is 9.88. The zero-order chi connectivity index (χ0) is 47.6. The Morgan fingerprint density at radius 2 is 1.26 bits per heavy atom. The van der Waals surface area contributed by atoms with E-state index in [2.05, 4.69) is 20.9 Å². The Kier molecular flexibility index (Phi) is 18.9. The van der Waals surface area contributed by atoms with Crippen LogP contribution in [-0.4, -0.2) is 97.7 Å². The number of carbonyl (C=O) groups is 10. The van der Waals surface area contributed by atoms with Gasteiger partial charge in [-0.1, -0.05) is 48.5 Å². The summed E-state index contributed by atoms with van der Waals surface area (Å²) >= 11 is 0. The fourth-order valence-electron chi connectivity index (χ4n) is 7.33. The number of H-pyrrole nitrogens is 1. The summed E-state index contributed by atoms with van der Waals surface area (Å²) in [4.78, 5) is 132. The highest BCUT2D eigenvalue weighted by Crippen LogP contribution is 2.23. The molecule has 4 aromatic rings. The van der Waals surface area contributed by atoms with Crippen molar-refractivity contribution in [2.45, 2.75) is 83.2 Å². The highest BCUT2D eigenvalue weighted by atomic mass is 19.1. The highest BCUT2D eigenvalue weighted by Gasteiger charge is 2.33. The molecule has 3 amide bonds. The molecule has 0 aliphatic carbocycles. The number of hydrogen-bond donors (Lipinski definition) is 7. The molecule has 0 radical (unpaired) electrons. The summed E-state index contributed by atoms with van der Waals surface area (Å²) in [7, 11) is 0. The predicted octanol–water partition coefficient (Wildman–Crippen LogP) is 4.01. The van der Waals surface area contributed by atoms with Crippen molar-refractivity contribution in [3.05, 3.63) is 108 Å². The maximum Gasteiger partial charge on any atom is 0.305 e. The molecule has 5 atom stereocenters. The van der Waals surface area contributed by atoms with Crippen LogP contribution in [0.4, 0.5) is 4.39 Å². The first-order valence-electron chi connectivity index (χ1n) is 20.9. The van der Waals surface area contributed by atoms with Crippen LogP contribution < -0.4 is 16.0 Å². The number of carboxylic acids is 3. The Morgan fingerprint density at radius 1 is 0.631 bits per heavy atom. The number of aromatic amines is 1. The molecule has 344 valence electrons. The molecular formula is C47H51FN4O13. The monoisotopic (exact) mass is 898 g/mol. The predicted molar refractivity (Wildman–Crippen MR) is 231 cm³/mol. The average molecular weight is 899 g/mol. The van der Waals surface area contributed by atoms with Gasteiger partial charge < -0.3 is 36.3 Å². The van der Waals surface area contributed by atoms with Gasteiger partial charge in [-0.2, -0.15) is 0 Å². The molecule has 7 N–H and O–H groups in total. The van der Waals surface area contributed by atoms with Gasteiger partial charge in [-0.15, -0.1) is 0 Å². The molecule has 0 saturated heterocycles. The minimum Gasteiger partial charge on any atom is -0.481 e. The smallest absolute Gasteiger partial charge is 0.305 e. The molecule has 0 saturated carbocycles. The van der Waals surface area contributed by atoms with Crippen molar-refractivity contribution >= 4 is 69.7 Å². The molecule has 0 fully saturated rings. The molecule has 65 heavy (non-hydrogen) atoms. The fourth-order valence-corrected chi connectivity index (χ4v) is 7.33. The van der Waals surface area contributed by atoms with E-state index in [-0.39, 0.29) is 31.2 Å². The summed E-state index contributed by atoms with van der Waals surface area (Å²) in [5, 5.41) is 36.2. The van der Waals surface area contributed by atoms with Crippen LogP contribution in [0.5, 0.6) is 0 Å². The van der Waals surface area contributed by atoms with Gasteiger partial charge in [-0.05, 0) is 67.6 Å². The number of carbonyl (C=O) groups excluding carboxylic acids is 7. The van der Waals surface area contributed by atoms with E-state index in [1.165, 1.54) is 37.3 Å². The number of nitrogens with one attached hydrogen (secondary N) is 4. The SMILES string of the molecule is CC(=O)[C@H](CCC(=O)O)CC(=O)[C@H](Cc1c[nH]c2ccccc12)NC(=O)[C@@H](CC(=O)CNC(=O)[C@H](CCC(=O)O)CC(=O)[C@@H](CC(=O)O)NC(=O)c1ccccc1)Cc1cccc(F)c1. The number of hydrogen-bond acceptors (Lipinski definition) is 10. The normalized spacial score (nSPS) is 13.3. The molecular weight excluding hydrogens is 848 g/mol. The van der Waals surface area contributed by atoms with Crippen LogP contribution in [-0.2, 0) is 56.0 Å². The van der Waals surface area contributed by atoms with Crippen LogP contribution in [0, 0.1) is 23.6 Å². The first-order valence-corrected chi connectivity index (χ1v) is 20.9. The van der Waals surface area contributed by atoms with Crippen molar-refractivity contribution in [2.75, 3.05) is 6.54 Å². The van der Waals surface area contributed by atoms with Gasteiger partial charge in [0.15, 0.2) is 17.3 Å². The van der Waals surface area contributed by atoms with E-state index >= 15 is 0 Å². The van der Waals surface area contributed by atoms with Crippen LogP contribution in [0.2, 0.25) is 0 Å². The number of para-hydroxylation sites is 1. The molecule has 17 nitrogen and oxygen atoms in total. The number of aliphatic carboxylic acids is 3. The summed E-state index contributed by atoms with van der Waals surface area (Å²) in [5.74, 6) is -13.2. The highest BCUT2D eigenvalue weighted by molar-refractivity contribution is 6.00. The number of Topliss-reactive ketones (excluding diaryl/α,β-unsaturated/α-hetero) is 4. The zero-order valence-corrected chi connectivity index (χ0v) is 35.5. The van der Waals surface area contributed by atoms with Gasteiger partial charge in [-0.25, -0.2) is 4.39 Å². The number of ketones is 4. The van der Waals surface area contributed by atoms with Crippen molar-refractivity contribution in [1.29, 1.82) is 0 Å². The van der Waals surface area contributed by atoms with Gasteiger partial charge in [0.05, 0.1) is 25.0 Å². The third-order valence-electron chi connectivity index (χ3n) is 10.8. The Bertz CT molecular complexity index is 2400. The zero-order valence-electron chi connectivity index (χ0n) is 35.5. The van der Waals surface area contributed by atoms with E-state index in [0.29, 0.717) is 11.1 Å². The minimum absolute atomic E-state index is 0.0610. The van der Waals surface area contributed by atoms with Gasteiger partial charge >= 0.3 is 17.9 Å². The lowest BCUT2D eigenvalue weighted by Gasteiger charge is -2.24. The molecule has 1 aromatic heterocycles. The second-order valence-electron chi connectivity index (χ2n) is 15.8. The van der Waals surface area contributed by atoms with Crippen molar-refractivity contribution in [3.8, 4) is 0 Å². The largest absolute Gasteiger partial charge is 0.481 e. The number of fused-ring (bicyclic) bond motifs is 1. The second-order valence-corrected chi connectivity index (χ2v) is 15.8. The number of halogens is 1. The van der Waals surface area contributed by atoms with E-state index in [1.54, 1.807) is 48.7 Å². The van der Waals surface area contributed by atoms with Crippen molar-refractivity contribution in [3.63, 3.8) is 0 Å². The number of benzene rings is 3. The van der Waals surface area contributed by atoms with Crippen LogP contribution in [0.1, 0.15) is 79.8 Å². The number of amides is 3. The number of aromatic nitrogens is 1. The lowest BCUT2D eigenvalue weighted by Crippen LogP contribution is -2.47. The van der Waals surface area contributed by atoms with Crippen LogP contribution >= 0.6 is 0 Å². The summed E-state index contributed by atoms with van der Waals surface area (Å²) in [6.07, 6.45) is -2.57. The van der Waals surface area contributed by atoms with E-state index in [4.69, 9.17) is 0 Å². The minimum atomic E-state index is -1.59. The molecule has 0 bridgehead atoms. The van der Waals surface area contributed by atoms with Gasteiger partial charge in [0.1, 0.15) is 11.6 Å². The molecule has 0 aliphatic heterocycles. The topological polar surface area (TPSA) is 283 Å². The van der Waals surface area contributed by atoms with Crippen molar-refractivity contribution in [2.24, 2.45) is 17.8 Å². The van der Waals surface area contributed by atoms with E-state index < -0.39 is 139 Å². The average Bonchev–Trinajstić information content (AvgIpc) is 3.67.